The molecule has 0 radical (unpaired) electrons. The van der Waals surface area contributed by atoms with E-state index in [0.29, 0.717) is 48.3 Å². The molecule has 0 aliphatic carbocycles. The van der Waals surface area contributed by atoms with Gasteiger partial charge in [-0.3, -0.25) is 20.2 Å². The van der Waals surface area contributed by atoms with Crippen LogP contribution in [-0.4, -0.2) is 33.0 Å². The summed E-state index contributed by atoms with van der Waals surface area (Å²) in [6, 6.07) is 37.7. The van der Waals surface area contributed by atoms with Gasteiger partial charge in [0.1, 0.15) is 35.4 Å². The van der Waals surface area contributed by atoms with Gasteiger partial charge in [0.05, 0.1) is 23.1 Å². The molecule has 52 heavy (non-hydrogen) atoms. The van der Waals surface area contributed by atoms with E-state index >= 15 is 0 Å². The average molecular weight is 697 g/mol. The summed E-state index contributed by atoms with van der Waals surface area (Å²) in [5.41, 5.74) is 4.67. The van der Waals surface area contributed by atoms with E-state index in [9.17, 15) is 20.2 Å². The Balaban J connectivity index is 0.000000162. The minimum absolute atomic E-state index is 0.0712. The Morgan fingerprint density at radius 3 is 1.35 bits per heavy atom. The second-order valence-corrected chi connectivity index (χ2v) is 12.2. The van der Waals surface area contributed by atoms with E-state index in [0.717, 1.165) is 35.5 Å². The SMILES string of the molecule is O=[N+]([O-])c1ccc(Oc2ccc3c(c2)OCC(c2ccccc2)C3)nc1.O=[N+]([O-])c1ccc(Oc2ccc3c(c2)OCC(c2ccccc2)C3)nc1. The van der Waals surface area contributed by atoms with Crippen LogP contribution in [0.3, 0.4) is 0 Å². The highest BCUT2D eigenvalue weighted by atomic mass is 16.6. The van der Waals surface area contributed by atoms with Crippen molar-refractivity contribution in [3.8, 4) is 34.8 Å². The monoisotopic (exact) mass is 696 g/mol. The normalized spacial score (nSPS) is 15.6. The van der Waals surface area contributed by atoms with E-state index in [1.54, 1.807) is 0 Å². The first-order chi connectivity index (χ1) is 25.4. The summed E-state index contributed by atoms with van der Waals surface area (Å²) >= 11 is 0. The Morgan fingerprint density at radius 2 is 0.981 bits per heavy atom. The van der Waals surface area contributed by atoms with E-state index in [2.05, 4.69) is 34.2 Å². The van der Waals surface area contributed by atoms with Gasteiger partial charge in [-0.15, -0.1) is 0 Å². The number of hydrogen-bond donors (Lipinski definition) is 0. The summed E-state index contributed by atoms with van der Waals surface area (Å²) in [4.78, 5) is 28.3. The summed E-state index contributed by atoms with van der Waals surface area (Å²) in [5, 5.41) is 21.3. The summed E-state index contributed by atoms with van der Waals surface area (Å²) in [7, 11) is 0. The first-order valence-electron chi connectivity index (χ1n) is 16.6. The number of rotatable bonds is 8. The molecule has 8 rings (SSSR count). The minimum Gasteiger partial charge on any atom is -0.493 e. The van der Waals surface area contributed by atoms with Crippen LogP contribution in [0.1, 0.15) is 34.1 Å². The number of pyridine rings is 2. The van der Waals surface area contributed by atoms with E-state index in [1.165, 1.54) is 47.8 Å². The molecule has 0 fully saturated rings. The van der Waals surface area contributed by atoms with Gasteiger partial charge < -0.3 is 18.9 Å². The largest absolute Gasteiger partial charge is 0.493 e. The number of fused-ring (bicyclic) bond motifs is 2. The van der Waals surface area contributed by atoms with Gasteiger partial charge in [-0.2, -0.15) is 0 Å². The van der Waals surface area contributed by atoms with Crippen molar-refractivity contribution in [1.29, 1.82) is 0 Å². The van der Waals surface area contributed by atoms with Crippen molar-refractivity contribution in [3.63, 3.8) is 0 Å². The Bertz CT molecular complexity index is 2010. The van der Waals surface area contributed by atoms with Gasteiger partial charge in [0.25, 0.3) is 11.4 Å². The maximum absolute atomic E-state index is 10.7. The van der Waals surface area contributed by atoms with E-state index in [4.69, 9.17) is 18.9 Å². The zero-order chi connectivity index (χ0) is 35.9. The third-order valence-corrected chi connectivity index (χ3v) is 8.74. The summed E-state index contributed by atoms with van der Waals surface area (Å²) in [6.45, 7) is 1.24. The van der Waals surface area contributed by atoms with Crippen LogP contribution in [0, 0.1) is 20.2 Å². The number of aromatic nitrogens is 2. The van der Waals surface area contributed by atoms with Crippen LogP contribution in [0.2, 0.25) is 0 Å². The minimum atomic E-state index is -0.493. The molecule has 0 amide bonds. The molecule has 4 heterocycles. The van der Waals surface area contributed by atoms with Crippen molar-refractivity contribution < 1.29 is 28.8 Å². The van der Waals surface area contributed by atoms with Crippen LogP contribution in [0.15, 0.2) is 134 Å². The molecule has 2 aliphatic rings. The zero-order valence-electron chi connectivity index (χ0n) is 27.7. The molecule has 6 aromatic rings. The molecular formula is C40H32N4O8. The molecule has 2 atom stereocenters. The molecule has 0 spiro atoms. The van der Waals surface area contributed by atoms with Gasteiger partial charge in [0.2, 0.25) is 11.8 Å². The molecule has 0 saturated heterocycles. The summed E-state index contributed by atoms with van der Waals surface area (Å²) < 4.78 is 23.2. The lowest BCUT2D eigenvalue weighted by Gasteiger charge is -2.26. The van der Waals surface area contributed by atoms with Crippen LogP contribution in [0.25, 0.3) is 0 Å². The number of ether oxygens (including phenoxy) is 4. The smallest absolute Gasteiger partial charge is 0.287 e. The number of nitro groups is 2. The summed E-state index contributed by atoms with van der Waals surface area (Å²) in [6.07, 6.45) is 4.17. The van der Waals surface area contributed by atoms with Crippen LogP contribution < -0.4 is 18.9 Å². The predicted octanol–water partition coefficient (Wildman–Crippen LogP) is 9.00. The fourth-order valence-corrected chi connectivity index (χ4v) is 6.03. The molecule has 260 valence electrons. The Kier molecular flexibility index (Phi) is 9.96. The Morgan fingerprint density at radius 1 is 0.558 bits per heavy atom. The van der Waals surface area contributed by atoms with Crippen molar-refractivity contribution in [3.05, 3.63) is 176 Å². The molecule has 2 aliphatic heterocycles. The van der Waals surface area contributed by atoms with E-state index in [1.807, 2.05) is 72.8 Å². The highest BCUT2D eigenvalue weighted by Gasteiger charge is 2.23. The molecule has 0 N–H and O–H groups in total. The first-order valence-corrected chi connectivity index (χ1v) is 16.6. The van der Waals surface area contributed by atoms with Crippen molar-refractivity contribution in [2.75, 3.05) is 13.2 Å². The van der Waals surface area contributed by atoms with Crippen LogP contribution in [-0.2, 0) is 12.8 Å². The average Bonchev–Trinajstić information content (AvgIpc) is 3.19. The van der Waals surface area contributed by atoms with Crippen molar-refractivity contribution in [2.24, 2.45) is 0 Å². The van der Waals surface area contributed by atoms with E-state index in [-0.39, 0.29) is 11.4 Å². The highest BCUT2D eigenvalue weighted by Crippen LogP contribution is 2.37. The van der Waals surface area contributed by atoms with Crippen LogP contribution >= 0.6 is 0 Å². The number of nitrogens with zero attached hydrogens (tertiary/aromatic N) is 4. The number of benzene rings is 4. The zero-order valence-corrected chi connectivity index (χ0v) is 27.7. The van der Waals surface area contributed by atoms with Crippen molar-refractivity contribution >= 4 is 11.4 Å². The third kappa shape index (κ3) is 8.13. The fourth-order valence-electron chi connectivity index (χ4n) is 6.03. The lowest BCUT2D eigenvalue weighted by Crippen LogP contribution is -2.19. The molecule has 4 aromatic carbocycles. The van der Waals surface area contributed by atoms with Gasteiger partial charge in [0, 0.05) is 48.2 Å². The highest BCUT2D eigenvalue weighted by molar-refractivity contribution is 5.46. The second-order valence-electron chi connectivity index (χ2n) is 12.2. The van der Waals surface area contributed by atoms with Gasteiger partial charge >= 0.3 is 0 Å². The Labute approximate surface area is 298 Å². The second kappa shape index (κ2) is 15.4. The van der Waals surface area contributed by atoms with Gasteiger partial charge in [-0.25, -0.2) is 9.97 Å². The van der Waals surface area contributed by atoms with Crippen molar-refractivity contribution in [1.82, 2.24) is 9.97 Å². The lowest BCUT2D eigenvalue weighted by atomic mass is 9.90. The fraction of sp³-hybridized carbons (Fsp3) is 0.150. The molecule has 0 bridgehead atoms. The first kappa shape index (κ1) is 33.7. The van der Waals surface area contributed by atoms with Crippen molar-refractivity contribution in [2.45, 2.75) is 24.7 Å². The lowest BCUT2D eigenvalue weighted by molar-refractivity contribution is -0.385. The third-order valence-electron chi connectivity index (χ3n) is 8.74. The molecule has 12 nitrogen and oxygen atoms in total. The van der Waals surface area contributed by atoms with Crippen LogP contribution in [0.4, 0.5) is 11.4 Å². The standard InChI is InChI=1S/2C20H16N2O4/c2*23-22(24)17-7-9-20(21-12-17)26-18-8-6-15-10-16(13-25-19(15)11-18)14-4-2-1-3-5-14/h2*1-9,11-12,16H,10,13H2. The number of hydrogen-bond acceptors (Lipinski definition) is 10. The Hall–Kier alpha value is -6.82. The van der Waals surface area contributed by atoms with Crippen LogP contribution in [0.5, 0.6) is 34.8 Å². The van der Waals surface area contributed by atoms with Gasteiger partial charge in [-0.05, 0) is 47.2 Å². The summed E-state index contributed by atoms with van der Waals surface area (Å²) in [5.74, 6) is 4.06. The molecule has 0 saturated carbocycles. The van der Waals surface area contributed by atoms with Gasteiger partial charge in [0.15, 0.2) is 0 Å². The maximum Gasteiger partial charge on any atom is 0.287 e. The maximum atomic E-state index is 10.7. The van der Waals surface area contributed by atoms with Gasteiger partial charge in [-0.1, -0.05) is 72.8 Å². The molecule has 2 aromatic heterocycles. The molecular weight excluding hydrogens is 664 g/mol. The topological polar surface area (TPSA) is 149 Å². The van der Waals surface area contributed by atoms with E-state index < -0.39 is 9.85 Å². The predicted molar refractivity (Wildman–Crippen MR) is 192 cm³/mol. The molecule has 12 heteroatoms. The molecule has 2 unspecified atom stereocenters. The quantitative estimate of drug-likeness (QED) is 0.111.